The van der Waals surface area contributed by atoms with Crippen molar-refractivity contribution in [1.82, 2.24) is 0 Å². The van der Waals surface area contributed by atoms with Gasteiger partial charge in [-0.05, 0) is 13.0 Å². The Hall–Kier alpha value is -2.33. The average Bonchev–Trinajstić information content (AvgIpc) is 2.16. The van der Waals surface area contributed by atoms with Crippen molar-refractivity contribution in [3.05, 3.63) is 39.4 Å². The van der Waals surface area contributed by atoms with Crippen molar-refractivity contribution in [2.75, 3.05) is 0 Å². The molecular weight excluding hydrogens is 180 g/mol. The van der Waals surface area contributed by atoms with E-state index in [4.69, 9.17) is 5.26 Å². The molecule has 4 heteroatoms. The predicted octanol–water partition coefficient (Wildman–Crippen LogP) is 1.78. The maximum Gasteiger partial charge on any atom is 0.273 e. The van der Waals surface area contributed by atoms with Gasteiger partial charge in [-0.2, -0.15) is 5.26 Å². The standard InChI is InChI=1S/C10H6N2O2/c1-8-4-5-9(3-2-6-11)7-10(8)12(13)14/h4-5,7H,1H3. The van der Waals surface area contributed by atoms with Gasteiger partial charge in [0.05, 0.1) is 4.92 Å². The van der Waals surface area contributed by atoms with E-state index in [-0.39, 0.29) is 5.69 Å². The summed E-state index contributed by atoms with van der Waals surface area (Å²) in [5, 5.41) is 18.7. The lowest BCUT2D eigenvalue weighted by Gasteiger charge is -1.96. The van der Waals surface area contributed by atoms with E-state index in [9.17, 15) is 10.1 Å². The Labute approximate surface area is 80.9 Å². The molecule has 0 amide bonds. The van der Waals surface area contributed by atoms with Crippen molar-refractivity contribution in [3.8, 4) is 17.9 Å². The number of nitriles is 1. The molecule has 0 N–H and O–H groups in total. The second kappa shape index (κ2) is 4.06. The van der Waals surface area contributed by atoms with Crippen LogP contribution in [0.4, 0.5) is 5.69 Å². The smallest absolute Gasteiger partial charge is 0.258 e. The van der Waals surface area contributed by atoms with Crippen LogP contribution in [0.3, 0.4) is 0 Å². The van der Waals surface area contributed by atoms with Crippen molar-refractivity contribution in [2.24, 2.45) is 0 Å². The summed E-state index contributed by atoms with van der Waals surface area (Å²) in [6.45, 7) is 1.65. The van der Waals surface area contributed by atoms with E-state index in [1.807, 2.05) is 0 Å². The van der Waals surface area contributed by atoms with Crippen molar-refractivity contribution in [3.63, 3.8) is 0 Å². The van der Waals surface area contributed by atoms with E-state index in [1.54, 1.807) is 25.1 Å². The number of benzene rings is 1. The van der Waals surface area contributed by atoms with Gasteiger partial charge in [-0.25, -0.2) is 0 Å². The second-order valence-electron chi connectivity index (χ2n) is 2.62. The fourth-order valence-electron chi connectivity index (χ4n) is 0.984. The van der Waals surface area contributed by atoms with Gasteiger partial charge in [0.25, 0.3) is 5.69 Å². The van der Waals surface area contributed by atoms with Gasteiger partial charge in [-0.1, -0.05) is 12.0 Å². The molecule has 0 heterocycles. The Balaban J connectivity index is 3.21. The first-order valence-electron chi connectivity index (χ1n) is 3.80. The Morgan fingerprint density at radius 2 is 2.21 bits per heavy atom. The SMILES string of the molecule is Cc1ccc(C#CC#N)cc1[N+](=O)[O-]. The fraction of sp³-hybridized carbons (Fsp3) is 0.100. The van der Waals surface area contributed by atoms with Crippen LogP contribution in [0.25, 0.3) is 0 Å². The number of hydrogen-bond acceptors (Lipinski definition) is 3. The third-order valence-electron chi connectivity index (χ3n) is 1.67. The van der Waals surface area contributed by atoms with Crippen molar-refractivity contribution in [1.29, 1.82) is 5.26 Å². The summed E-state index contributed by atoms with van der Waals surface area (Å²) in [7, 11) is 0. The van der Waals surface area contributed by atoms with Crippen LogP contribution in [0.15, 0.2) is 18.2 Å². The largest absolute Gasteiger partial charge is 0.273 e. The van der Waals surface area contributed by atoms with Gasteiger partial charge in [0, 0.05) is 23.1 Å². The molecule has 0 radical (unpaired) electrons. The molecule has 0 aliphatic carbocycles. The van der Waals surface area contributed by atoms with Gasteiger partial charge in [-0.3, -0.25) is 10.1 Å². The average molecular weight is 186 g/mol. The summed E-state index contributed by atoms with van der Waals surface area (Å²) in [5.74, 6) is 4.68. The Morgan fingerprint density at radius 3 is 2.79 bits per heavy atom. The zero-order chi connectivity index (χ0) is 10.6. The van der Waals surface area contributed by atoms with E-state index in [2.05, 4.69) is 11.8 Å². The van der Waals surface area contributed by atoms with Crippen LogP contribution in [0.1, 0.15) is 11.1 Å². The second-order valence-corrected chi connectivity index (χ2v) is 2.62. The summed E-state index contributed by atoms with van der Waals surface area (Å²) < 4.78 is 0. The molecule has 68 valence electrons. The number of hydrogen-bond donors (Lipinski definition) is 0. The van der Waals surface area contributed by atoms with Gasteiger partial charge in [0.15, 0.2) is 6.07 Å². The summed E-state index contributed by atoms with van der Waals surface area (Å²) in [5.41, 5.74) is 1.08. The topological polar surface area (TPSA) is 66.9 Å². The van der Waals surface area contributed by atoms with Crippen LogP contribution in [-0.2, 0) is 0 Å². The minimum absolute atomic E-state index is 0.0229. The number of rotatable bonds is 1. The molecule has 1 rings (SSSR count). The highest BCUT2D eigenvalue weighted by Crippen LogP contribution is 2.18. The van der Waals surface area contributed by atoms with E-state index in [0.717, 1.165) is 0 Å². The molecule has 0 fully saturated rings. The number of nitro groups is 1. The minimum atomic E-state index is -0.465. The molecule has 0 saturated heterocycles. The zero-order valence-corrected chi connectivity index (χ0v) is 7.44. The molecule has 0 atom stereocenters. The molecule has 1 aromatic carbocycles. The molecule has 0 saturated carbocycles. The number of nitro benzene ring substituents is 1. The molecule has 0 bridgehead atoms. The van der Waals surface area contributed by atoms with Crippen LogP contribution >= 0.6 is 0 Å². The lowest BCUT2D eigenvalue weighted by atomic mass is 10.1. The van der Waals surface area contributed by atoms with Gasteiger partial charge >= 0.3 is 0 Å². The maximum absolute atomic E-state index is 10.5. The molecule has 0 spiro atoms. The Bertz CT molecular complexity index is 475. The maximum atomic E-state index is 10.5. The normalized spacial score (nSPS) is 8.29. The van der Waals surface area contributed by atoms with Crippen molar-refractivity contribution in [2.45, 2.75) is 6.92 Å². The van der Waals surface area contributed by atoms with Gasteiger partial charge in [0.1, 0.15) is 0 Å². The van der Waals surface area contributed by atoms with E-state index in [0.29, 0.717) is 11.1 Å². The van der Waals surface area contributed by atoms with E-state index >= 15 is 0 Å². The lowest BCUT2D eigenvalue weighted by Crippen LogP contribution is -1.91. The first-order valence-corrected chi connectivity index (χ1v) is 3.80. The highest BCUT2D eigenvalue weighted by Gasteiger charge is 2.09. The Morgan fingerprint density at radius 1 is 1.50 bits per heavy atom. The van der Waals surface area contributed by atoms with Crippen LogP contribution in [0, 0.1) is 40.2 Å². The molecule has 0 aliphatic heterocycles. The van der Waals surface area contributed by atoms with E-state index < -0.39 is 4.92 Å². The summed E-state index contributed by atoms with van der Waals surface area (Å²) in [6.07, 6.45) is 0. The molecular formula is C10H6N2O2. The van der Waals surface area contributed by atoms with Gasteiger partial charge in [0.2, 0.25) is 0 Å². The molecule has 0 aromatic heterocycles. The third-order valence-corrected chi connectivity index (χ3v) is 1.67. The van der Waals surface area contributed by atoms with E-state index in [1.165, 1.54) is 6.07 Å². The fourth-order valence-corrected chi connectivity index (χ4v) is 0.984. The number of aryl methyl sites for hydroxylation is 1. The van der Waals surface area contributed by atoms with Crippen LogP contribution in [-0.4, -0.2) is 4.92 Å². The first kappa shape index (κ1) is 9.76. The van der Waals surface area contributed by atoms with Crippen LogP contribution in [0.5, 0.6) is 0 Å². The number of nitrogens with zero attached hydrogens (tertiary/aromatic N) is 2. The first-order chi connectivity index (χ1) is 6.65. The highest BCUT2D eigenvalue weighted by atomic mass is 16.6. The van der Waals surface area contributed by atoms with Crippen LogP contribution in [0.2, 0.25) is 0 Å². The van der Waals surface area contributed by atoms with Crippen molar-refractivity contribution < 1.29 is 4.92 Å². The molecule has 0 aliphatic rings. The minimum Gasteiger partial charge on any atom is -0.258 e. The highest BCUT2D eigenvalue weighted by molar-refractivity contribution is 5.49. The third kappa shape index (κ3) is 2.09. The molecule has 4 nitrogen and oxygen atoms in total. The van der Waals surface area contributed by atoms with Gasteiger partial charge in [-0.15, -0.1) is 0 Å². The Kier molecular flexibility index (Phi) is 2.83. The summed E-state index contributed by atoms with van der Waals surface area (Å²) in [6, 6.07) is 6.27. The molecule has 14 heavy (non-hydrogen) atoms. The van der Waals surface area contributed by atoms with Crippen molar-refractivity contribution >= 4 is 5.69 Å². The molecule has 1 aromatic rings. The monoisotopic (exact) mass is 186 g/mol. The zero-order valence-electron chi connectivity index (χ0n) is 7.44. The van der Waals surface area contributed by atoms with Crippen LogP contribution < -0.4 is 0 Å². The summed E-state index contributed by atoms with van der Waals surface area (Å²) >= 11 is 0. The predicted molar refractivity (Wildman–Crippen MR) is 50.3 cm³/mol. The quantitative estimate of drug-likeness (QED) is 0.381. The molecule has 0 unspecified atom stereocenters. The van der Waals surface area contributed by atoms with Gasteiger partial charge < -0.3 is 0 Å². The summed E-state index contributed by atoms with van der Waals surface area (Å²) in [4.78, 5) is 10.1. The lowest BCUT2D eigenvalue weighted by molar-refractivity contribution is -0.385.